The Hall–Kier alpha value is -2.68. The van der Waals surface area contributed by atoms with Crippen LogP contribution >= 0.6 is 11.3 Å². The van der Waals surface area contributed by atoms with Gasteiger partial charge in [-0.15, -0.1) is 11.3 Å². The number of rotatable bonds is 7. The van der Waals surface area contributed by atoms with Gasteiger partial charge < -0.3 is 20.4 Å². The monoisotopic (exact) mass is 432 g/mol. The second kappa shape index (κ2) is 10.9. The first-order chi connectivity index (χ1) is 14.5. The van der Waals surface area contributed by atoms with E-state index in [4.69, 9.17) is 0 Å². The van der Waals surface area contributed by atoms with Crippen LogP contribution in [0.1, 0.15) is 23.2 Å². The van der Waals surface area contributed by atoms with Gasteiger partial charge in [-0.1, -0.05) is 0 Å². The van der Waals surface area contributed by atoms with E-state index in [1.807, 2.05) is 24.9 Å². The third-order valence-corrected chi connectivity index (χ3v) is 5.74. The predicted molar refractivity (Wildman–Crippen MR) is 119 cm³/mol. The maximum atomic E-state index is 13.1. The molecule has 1 amide bonds. The summed E-state index contributed by atoms with van der Waals surface area (Å²) in [4.78, 5) is 26.7. The van der Waals surface area contributed by atoms with Crippen LogP contribution in [0.4, 0.5) is 10.1 Å². The van der Waals surface area contributed by atoms with E-state index in [1.54, 1.807) is 23.5 Å². The topological polar surface area (TPSA) is 72.9 Å². The molecule has 1 fully saturated rings. The van der Waals surface area contributed by atoms with E-state index in [0.29, 0.717) is 38.6 Å². The van der Waals surface area contributed by atoms with E-state index < -0.39 is 0 Å². The van der Waals surface area contributed by atoms with Crippen molar-refractivity contribution in [2.45, 2.75) is 26.8 Å². The zero-order chi connectivity index (χ0) is 21.3. The van der Waals surface area contributed by atoms with E-state index in [2.05, 4.69) is 25.5 Å². The standard InChI is InChI=1S/C21H29FN6OS/c1-3-23-21(26-15-19-25-14-16(2)30-19)24-9-8-20(29)28-12-10-27(11-13-28)18-6-4-17(22)5-7-18/h4-7,14H,3,8-13,15H2,1-2H3,(H2,23,24,26). The Kier molecular flexibility index (Phi) is 8.01. The number of benzene rings is 1. The van der Waals surface area contributed by atoms with E-state index in [1.165, 1.54) is 17.0 Å². The lowest BCUT2D eigenvalue weighted by Gasteiger charge is -2.36. The van der Waals surface area contributed by atoms with Crippen LogP contribution < -0.4 is 15.5 Å². The molecule has 162 valence electrons. The summed E-state index contributed by atoms with van der Waals surface area (Å²) in [6.45, 7) is 8.69. The van der Waals surface area contributed by atoms with Crippen molar-refractivity contribution in [1.29, 1.82) is 0 Å². The number of carbonyl (C=O) groups excluding carboxylic acids is 1. The molecule has 1 aliphatic rings. The molecule has 1 aliphatic heterocycles. The molecule has 0 unspecified atom stereocenters. The number of nitrogens with one attached hydrogen (secondary N) is 2. The molecule has 2 heterocycles. The first kappa shape index (κ1) is 22.0. The zero-order valence-electron chi connectivity index (χ0n) is 17.5. The second-order valence-corrected chi connectivity index (χ2v) is 8.40. The molecule has 1 aromatic carbocycles. The largest absolute Gasteiger partial charge is 0.368 e. The third-order valence-electron chi connectivity index (χ3n) is 4.84. The molecule has 1 saturated heterocycles. The van der Waals surface area contributed by atoms with Crippen molar-refractivity contribution >= 4 is 28.9 Å². The summed E-state index contributed by atoms with van der Waals surface area (Å²) in [5, 5.41) is 7.40. The molecule has 0 bridgehead atoms. The lowest BCUT2D eigenvalue weighted by atomic mass is 10.2. The molecule has 30 heavy (non-hydrogen) atoms. The molecule has 0 atom stereocenters. The molecule has 3 rings (SSSR count). The SMILES string of the molecule is CCNC(=NCc1ncc(C)s1)NCCC(=O)N1CCN(c2ccc(F)cc2)CC1. The van der Waals surface area contributed by atoms with E-state index in [9.17, 15) is 9.18 Å². The second-order valence-electron chi connectivity index (χ2n) is 7.08. The summed E-state index contributed by atoms with van der Waals surface area (Å²) < 4.78 is 13.1. The highest BCUT2D eigenvalue weighted by atomic mass is 32.1. The number of amides is 1. The average Bonchev–Trinajstić information content (AvgIpc) is 3.18. The number of hydrogen-bond donors (Lipinski definition) is 2. The van der Waals surface area contributed by atoms with Gasteiger partial charge in [0.2, 0.25) is 5.91 Å². The van der Waals surface area contributed by atoms with Crippen molar-refractivity contribution in [3.05, 3.63) is 46.2 Å². The molecular weight excluding hydrogens is 403 g/mol. The van der Waals surface area contributed by atoms with Crippen LogP contribution in [-0.2, 0) is 11.3 Å². The predicted octanol–water partition coefficient (Wildman–Crippen LogP) is 2.38. The molecule has 7 nitrogen and oxygen atoms in total. The Morgan fingerprint density at radius 2 is 1.93 bits per heavy atom. The summed E-state index contributed by atoms with van der Waals surface area (Å²) >= 11 is 1.64. The van der Waals surface area contributed by atoms with Crippen molar-refractivity contribution < 1.29 is 9.18 Å². The van der Waals surface area contributed by atoms with E-state index in [-0.39, 0.29) is 11.7 Å². The number of nitrogens with zero attached hydrogens (tertiary/aromatic N) is 4. The van der Waals surface area contributed by atoms with Crippen LogP contribution in [0.5, 0.6) is 0 Å². The lowest BCUT2D eigenvalue weighted by Crippen LogP contribution is -2.49. The molecule has 0 saturated carbocycles. The van der Waals surface area contributed by atoms with Gasteiger partial charge in [0.05, 0.1) is 6.54 Å². The van der Waals surface area contributed by atoms with Gasteiger partial charge in [-0.2, -0.15) is 0 Å². The zero-order valence-corrected chi connectivity index (χ0v) is 18.3. The van der Waals surface area contributed by atoms with Crippen LogP contribution in [0.15, 0.2) is 35.5 Å². The average molecular weight is 433 g/mol. The highest BCUT2D eigenvalue weighted by Crippen LogP contribution is 2.17. The van der Waals surface area contributed by atoms with Crippen molar-refractivity contribution in [3.63, 3.8) is 0 Å². The smallest absolute Gasteiger partial charge is 0.224 e. The molecular formula is C21H29FN6OS. The van der Waals surface area contributed by atoms with Crippen LogP contribution in [0.2, 0.25) is 0 Å². The summed E-state index contributed by atoms with van der Waals surface area (Å²) in [7, 11) is 0. The summed E-state index contributed by atoms with van der Waals surface area (Å²) in [5.41, 5.74) is 0.993. The fraction of sp³-hybridized carbons (Fsp3) is 0.476. The minimum absolute atomic E-state index is 0.132. The van der Waals surface area contributed by atoms with Crippen molar-refractivity contribution in [3.8, 4) is 0 Å². The molecule has 1 aromatic heterocycles. The normalized spacial score (nSPS) is 14.7. The van der Waals surface area contributed by atoms with Gasteiger partial charge in [-0.05, 0) is 38.1 Å². The highest BCUT2D eigenvalue weighted by Gasteiger charge is 2.21. The van der Waals surface area contributed by atoms with Gasteiger partial charge in [0.25, 0.3) is 0 Å². The highest BCUT2D eigenvalue weighted by molar-refractivity contribution is 7.11. The Morgan fingerprint density at radius 3 is 2.57 bits per heavy atom. The molecule has 0 aliphatic carbocycles. The number of hydrogen-bond acceptors (Lipinski definition) is 5. The third kappa shape index (κ3) is 6.41. The fourth-order valence-electron chi connectivity index (χ4n) is 3.27. The fourth-order valence-corrected chi connectivity index (χ4v) is 3.99. The first-order valence-electron chi connectivity index (χ1n) is 10.3. The number of thiazole rings is 1. The van der Waals surface area contributed by atoms with Gasteiger partial charge in [-0.25, -0.2) is 14.4 Å². The number of guanidine groups is 1. The minimum atomic E-state index is -0.234. The van der Waals surface area contributed by atoms with Crippen LogP contribution in [0, 0.1) is 12.7 Å². The molecule has 2 N–H and O–H groups in total. The van der Waals surface area contributed by atoms with Crippen molar-refractivity contribution in [2.24, 2.45) is 4.99 Å². The maximum Gasteiger partial charge on any atom is 0.224 e. The molecule has 2 aromatic rings. The van der Waals surface area contributed by atoms with Gasteiger partial charge >= 0.3 is 0 Å². The van der Waals surface area contributed by atoms with E-state index >= 15 is 0 Å². The van der Waals surface area contributed by atoms with Crippen LogP contribution in [-0.4, -0.2) is 61.0 Å². The summed E-state index contributed by atoms with van der Waals surface area (Å²) in [6, 6.07) is 6.51. The number of anilines is 1. The molecule has 9 heteroatoms. The quantitative estimate of drug-likeness (QED) is 0.519. The minimum Gasteiger partial charge on any atom is -0.368 e. The Balaban J connectivity index is 1.41. The van der Waals surface area contributed by atoms with Crippen molar-refractivity contribution in [2.75, 3.05) is 44.2 Å². The maximum absolute atomic E-state index is 13.1. The summed E-state index contributed by atoms with van der Waals surface area (Å²) in [6.07, 6.45) is 2.27. The number of aromatic nitrogens is 1. The Morgan fingerprint density at radius 1 is 1.20 bits per heavy atom. The summed E-state index contributed by atoms with van der Waals surface area (Å²) in [5.74, 6) is 0.592. The molecule has 0 radical (unpaired) electrons. The number of carbonyl (C=O) groups is 1. The molecule has 0 spiro atoms. The van der Waals surface area contributed by atoms with Gasteiger partial charge in [0.15, 0.2) is 5.96 Å². The lowest BCUT2D eigenvalue weighted by molar-refractivity contribution is -0.131. The van der Waals surface area contributed by atoms with Crippen molar-refractivity contribution in [1.82, 2.24) is 20.5 Å². The Bertz CT molecular complexity index is 845. The van der Waals surface area contributed by atoms with E-state index in [0.717, 1.165) is 30.3 Å². The Labute approximate surface area is 181 Å². The van der Waals surface area contributed by atoms with Crippen LogP contribution in [0.3, 0.4) is 0 Å². The van der Waals surface area contributed by atoms with Crippen LogP contribution in [0.25, 0.3) is 0 Å². The van der Waals surface area contributed by atoms with Gasteiger partial charge in [0.1, 0.15) is 10.8 Å². The number of aliphatic imine (C=N–C) groups is 1. The number of aryl methyl sites for hydroxylation is 1. The number of halogens is 1. The first-order valence-corrected chi connectivity index (χ1v) is 11.1. The van der Waals surface area contributed by atoms with Gasteiger partial charge in [-0.3, -0.25) is 4.79 Å². The van der Waals surface area contributed by atoms with Gasteiger partial charge in [0, 0.05) is 62.5 Å². The number of piperazine rings is 1.